The lowest BCUT2D eigenvalue weighted by molar-refractivity contribution is -0.385. The molecule has 0 saturated heterocycles. The highest BCUT2D eigenvalue weighted by molar-refractivity contribution is 6.30. The van der Waals surface area contributed by atoms with Gasteiger partial charge in [-0.25, -0.2) is 9.67 Å². The first kappa shape index (κ1) is 14.4. The van der Waals surface area contributed by atoms with Crippen LogP contribution < -0.4 is 5.32 Å². The fraction of sp³-hybridized carbons (Fsp3) is 0.333. The highest BCUT2D eigenvalue weighted by atomic mass is 35.5. The van der Waals surface area contributed by atoms with Crippen molar-refractivity contribution < 1.29 is 4.92 Å². The summed E-state index contributed by atoms with van der Waals surface area (Å²) in [6.07, 6.45) is 1.44. The Kier molecular flexibility index (Phi) is 4.65. The first-order valence-electron chi connectivity index (χ1n) is 6.12. The monoisotopic (exact) mass is 295 g/mol. The highest BCUT2D eigenvalue weighted by Crippen LogP contribution is 2.24. The lowest BCUT2D eigenvalue weighted by Crippen LogP contribution is -2.17. The van der Waals surface area contributed by atoms with Gasteiger partial charge in [0.2, 0.25) is 0 Å². The van der Waals surface area contributed by atoms with Crippen molar-refractivity contribution >= 4 is 17.3 Å². The van der Waals surface area contributed by atoms with Gasteiger partial charge in [0.05, 0.1) is 23.6 Å². The normalized spacial score (nSPS) is 10.7. The second kappa shape index (κ2) is 6.44. The number of hydrogen-bond acceptors (Lipinski definition) is 5. The molecule has 1 heterocycles. The quantitative estimate of drug-likeness (QED) is 0.650. The minimum atomic E-state index is -0.442. The molecule has 0 aliphatic carbocycles. The number of nitrogens with zero attached hydrogens (tertiary/aromatic N) is 4. The molecule has 1 N–H and O–H groups in total. The van der Waals surface area contributed by atoms with E-state index in [1.54, 1.807) is 16.8 Å². The molecule has 0 saturated carbocycles. The number of halogens is 1. The van der Waals surface area contributed by atoms with E-state index in [4.69, 9.17) is 11.6 Å². The maximum atomic E-state index is 11.0. The van der Waals surface area contributed by atoms with Crippen molar-refractivity contribution in [1.29, 1.82) is 0 Å². The van der Waals surface area contributed by atoms with Crippen LogP contribution in [0.3, 0.4) is 0 Å². The van der Waals surface area contributed by atoms with E-state index in [-0.39, 0.29) is 12.2 Å². The van der Waals surface area contributed by atoms with Gasteiger partial charge in [-0.3, -0.25) is 10.1 Å². The summed E-state index contributed by atoms with van der Waals surface area (Å²) >= 11 is 5.79. The molecule has 0 unspecified atom stereocenters. The van der Waals surface area contributed by atoms with Gasteiger partial charge in [0, 0.05) is 11.1 Å². The third-order valence-corrected chi connectivity index (χ3v) is 3.03. The SMILES string of the molecule is CCNCc1ncnn1Cc1ccc(Cl)cc1[N+](=O)[O-]. The summed E-state index contributed by atoms with van der Waals surface area (Å²) in [5.41, 5.74) is 0.532. The third-order valence-electron chi connectivity index (χ3n) is 2.79. The van der Waals surface area contributed by atoms with E-state index in [2.05, 4.69) is 15.4 Å². The Morgan fingerprint density at radius 2 is 2.30 bits per heavy atom. The van der Waals surface area contributed by atoms with E-state index in [9.17, 15) is 10.1 Å². The van der Waals surface area contributed by atoms with Crippen LogP contribution in [0.2, 0.25) is 5.02 Å². The topological polar surface area (TPSA) is 85.9 Å². The molecule has 0 aliphatic rings. The number of nitro groups is 1. The minimum Gasteiger partial charge on any atom is -0.310 e. The van der Waals surface area contributed by atoms with Crippen LogP contribution in [0, 0.1) is 10.1 Å². The zero-order valence-corrected chi connectivity index (χ0v) is 11.7. The summed E-state index contributed by atoms with van der Waals surface area (Å²) < 4.78 is 1.64. The number of benzene rings is 1. The van der Waals surface area contributed by atoms with Crippen molar-refractivity contribution in [1.82, 2.24) is 20.1 Å². The zero-order valence-electron chi connectivity index (χ0n) is 10.9. The second-order valence-electron chi connectivity index (χ2n) is 4.14. The first-order valence-corrected chi connectivity index (χ1v) is 6.49. The maximum Gasteiger partial charge on any atom is 0.275 e. The molecule has 20 heavy (non-hydrogen) atoms. The lowest BCUT2D eigenvalue weighted by atomic mass is 10.2. The van der Waals surface area contributed by atoms with Gasteiger partial charge in [-0.2, -0.15) is 5.10 Å². The van der Waals surface area contributed by atoms with Crippen LogP contribution >= 0.6 is 11.6 Å². The predicted octanol–water partition coefficient (Wildman–Crippen LogP) is 2.00. The number of nitro benzene ring substituents is 1. The molecule has 0 atom stereocenters. The van der Waals surface area contributed by atoms with Gasteiger partial charge in [0.25, 0.3) is 5.69 Å². The minimum absolute atomic E-state index is 0.0117. The van der Waals surface area contributed by atoms with E-state index in [0.717, 1.165) is 12.4 Å². The van der Waals surface area contributed by atoms with E-state index < -0.39 is 4.92 Å². The molecule has 2 aromatic rings. The summed E-state index contributed by atoms with van der Waals surface area (Å²) in [4.78, 5) is 14.7. The van der Waals surface area contributed by atoms with E-state index in [1.165, 1.54) is 12.4 Å². The number of rotatable bonds is 6. The van der Waals surface area contributed by atoms with E-state index >= 15 is 0 Å². The number of hydrogen-bond donors (Lipinski definition) is 1. The van der Waals surface area contributed by atoms with Crippen LogP contribution in [0.15, 0.2) is 24.5 Å². The average Bonchev–Trinajstić information content (AvgIpc) is 2.85. The fourth-order valence-electron chi connectivity index (χ4n) is 1.80. The Morgan fingerprint density at radius 3 is 3.00 bits per heavy atom. The molecule has 0 radical (unpaired) electrons. The fourth-order valence-corrected chi connectivity index (χ4v) is 1.96. The molecule has 8 heteroatoms. The standard InChI is InChI=1S/C12H14ClN5O2/c1-2-14-6-12-15-8-16-17(12)7-9-3-4-10(13)5-11(9)18(19)20/h3-5,8,14H,2,6-7H2,1H3. The molecule has 106 valence electrons. The number of aromatic nitrogens is 3. The Bertz CT molecular complexity index is 614. The summed E-state index contributed by atoms with van der Waals surface area (Å²) in [5.74, 6) is 0.732. The van der Waals surface area contributed by atoms with Crippen molar-refractivity contribution in [3.8, 4) is 0 Å². The van der Waals surface area contributed by atoms with Crippen LogP contribution in [0.4, 0.5) is 5.69 Å². The molecule has 7 nitrogen and oxygen atoms in total. The van der Waals surface area contributed by atoms with Gasteiger partial charge < -0.3 is 5.32 Å². The maximum absolute atomic E-state index is 11.0. The van der Waals surface area contributed by atoms with Crippen LogP contribution in [0.5, 0.6) is 0 Å². The van der Waals surface area contributed by atoms with E-state index in [1.807, 2.05) is 6.92 Å². The van der Waals surface area contributed by atoms with Gasteiger partial charge in [-0.1, -0.05) is 18.5 Å². The zero-order chi connectivity index (χ0) is 14.5. The molecule has 0 aliphatic heterocycles. The molecule has 1 aromatic heterocycles. The number of nitrogens with one attached hydrogen (secondary N) is 1. The second-order valence-corrected chi connectivity index (χ2v) is 4.58. The van der Waals surface area contributed by atoms with Gasteiger partial charge in [0.1, 0.15) is 12.2 Å². The molecular weight excluding hydrogens is 282 g/mol. The van der Waals surface area contributed by atoms with Crippen molar-refractivity contribution in [3.05, 3.63) is 51.1 Å². The molecule has 1 aromatic carbocycles. The Morgan fingerprint density at radius 1 is 1.50 bits per heavy atom. The third kappa shape index (κ3) is 3.31. The molecule has 0 amide bonds. The van der Waals surface area contributed by atoms with Crippen LogP contribution in [-0.4, -0.2) is 26.2 Å². The predicted molar refractivity (Wildman–Crippen MR) is 74.6 cm³/mol. The summed E-state index contributed by atoms with van der Waals surface area (Å²) in [6.45, 7) is 3.66. The van der Waals surface area contributed by atoms with Crippen molar-refractivity contribution in [2.24, 2.45) is 0 Å². The van der Waals surface area contributed by atoms with Gasteiger partial charge in [-0.15, -0.1) is 0 Å². The van der Waals surface area contributed by atoms with Crippen molar-refractivity contribution in [3.63, 3.8) is 0 Å². The van der Waals surface area contributed by atoms with Crippen LogP contribution in [0.25, 0.3) is 0 Å². The van der Waals surface area contributed by atoms with Crippen LogP contribution in [-0.2, 0) is 13.1 Å². The molecule has 0 bridgehead atoms. The summed E-state index contributed by atoms with van der Waals surface area (Å²) in [5, 5.41) is 18.6. The molecular formula is C12H14ClN5O2. The van der Waals surface area contributed by atoms with Crippen molar-refractivity contribution in [2.45, 2.75) is 20.0 Å². The van der Waals surface area contributed by atoms with E-state index in [0.29, 0.717) is 17.1 Å². The Hall–Kier alpha value is -1.99. The van der Waals surface area contributed by atoms with Gasteiger partial charge in [-0.05, 0) is 18.7 Å². The average molecular weight is 296 g/mol. The highest BCUT2D eigenvalue weighted by Gasteiger charge is 2.16. The lowest BCUT2D eigenvalue weighted by Gasteiger charge is -2.07. The summed E-state index contributed by atoms with van der Waals surface area (Å²) in [7, 11) is 0. The first-order chi connectivity index (χ1) is 9.61. The molecule has 0 fully saturated rings. The smallest absolute Gasteiger partial charge is 0.275 e. The summed E-state index contributed by atoms with van der Waals surface area (Å²) in [6, 6.07) is 4.61. The Balaban J connectivity index is 2.26. The Labute approximate surface area is 120 Å². The van der Waals surface area contributed by atoms with Gasteiger partial charge >= 0.3 is 0 Å². The van der Waals surface area contributed by atoms with Crippen molar-refractivity contribution in [2.75, 3.05) is 6.54 Å². The molecule has 2 rings (SSSR count). The van der Waals surface area contributed by atoms with Crippen LogP contribution in [0.1, 0.15) is 18.3 Å². The molecule has 0 spiro atoms. The largest absolute Gasteiger partial charge is 0.310 e. The van der Waals surface area contributed by atoms with Gasteiger partial charge in [0.15, 0.2) is 0 Å².